The van der Waals surface area contributed by atoms with Crippen LogP contribution >= 0.6 is 0 Å². The highest BCUT2D eigenvalue weighted by Crippen LogP contribution is 2.27. The highest BCUT2D eigenvalue weighted by molar-refractivity contribution is 6.04. The number of hydrogen-bond acceptors (Lipinski definition) is 6. The van der Waals surface area contributed by atoms with E-state index in [-0.39, 0.29) is 13.2 Å². The van der Waals surface area contributed by atoms with E-state index >= 15 is 0 Å². The zero-order valence-corrected chi connectivity index (χ0v) is 16.5. The molecule has 29 heavy (non-hydrogen) atoms. The van der Waals surface area contributed by atoms with Gasteiger partial charge in [0.05, 0.1) is 25.3 Å². The van der Waals surface area contributed by atoms with E-state index in [1.165, 1.54) is 0 Å². The maximum absolute atomic E-state index is 12.5. The second-order valence-corrected chi connectivity index (χ2v) is 6.37. The number of esters is 1. The number of fused-ring (bicyclic) bond motifs is 1. The highest BCUT2D eigenvalue weighted by atomic mass is 16.5. The Balaban J connectivity index is 1.59. The van der Waals surface area contributed by atoms with Crippen molar-refractivity contribution >= 4 is 22.8 Å². The van der Waals surface area contributed by atoms with Gasteiger partial charge in [-0.25, -0.2) is 4.79 Å². The minimum atomic E-state index is -0.562. The Kier molecular flexibility index (Phi) is 6.29. The Bertz CT molecular complexity index is 1050. The summed E-state index contributed by atoms with van der Waals surface area (Å²) >= 11 is 0. The van der Waals surface area contributed by atoms with Gasteiger partial charge in [-0.3, -0.25) is 9.78 Å². The van der Waals surface area contributed by atoms with Crippen LogP contribution in [0.2, 0.25) is 0 Å². The van der Waals surface area contributed by atoms with E-state index in [4.69, 9.17) is 14.2 Å². The number of methoxy groups -OCH3 is 2. The average molecular weight is 394 g/mol. The first kappa shape index (κ1) is 20.1. The van der Waals surface area contributed by atoms with Crippen LogP contribution in [-0.4, -0.2) is 37.7 Å². The maximum atomic E-state index is 12.5. The Hall–Kier alpha value is -3.61. The molecule has 0 radical (unpaired) electrons. The van der Waals surface area contributed by atoms with Crippen molar-refractivity contribution in [2.24, 2.45) is 0 Å². The number of nitrogens with one attached hydrogen (secondary N) is 1. The summed E-state index contributed by atoms with van der Waals surface area (Å²) in [5.41, 5.74) is 2.63. The van der Waals surface area contributed by atoms with Crippen molar-refractivity contribution in [2.75, 3.05) is 20.8 Å². The van der Waals surface area contributed by atoms with Crippen molar-refractivity contribution in [2.45, 2.75) is 13.5 Å². The number of para-hydroxylation sites is 1. The van der Waals surface area contributed by atoms with Gasteiger partial charge in [0, 0.05) is 17.6 Å². The molecule has 0 unspecified atom stereocenters. The Morgan fingerprint density at radius 3 is 2.52 bits per heavy atom. The summed E-state index contributed by atoms with van der Waals surface area (Å²) in [6, 6.07) is 14.3. The molecule has 3 aromatic rings. The Labute approximate surface area is 168 Å². The third kappa shape index (κ3) is 4.82. The number of benzene rings is 2. The van der Waals surface area contributed by atoms with Crippen molar-refractivity contribution in [1.29, 1.82) is 0 Å². The summed E-state index contributed by atoms with van der Waals surface area (Å²) in [5.74, 6) is 0.221. The smallest absolute Gasteiger partial charge is 0.339 e. The van der Waals surface area contributed by atoms with Crippen LogP contribution in [0, 0.1) is 6.92 Å². The fourth-order valence-electron chi connectivity index (χ4n) is 2.93. The topological polar surface area (TPSA) is 86.8 Å². The lowest BCUT2D eigenvalue weighted by atomic mass is 10.1. The molecule has 0 saturated carbocycles. The van der Waals surface area contributed by atoms with Crippen molar-refractivity contribution in [3.05, 3.63) is 65.4 Å². The van der Waals surface area contributed by atoms with Gasteiger partial charge in [-0.05, 0) is 36.8 Å². The SMILES string of the molecule is COc1ccc(CNC(=O)COC(=O)c2cc(C)nc3ccccc23)cc1OC. The van der Waals surface area contributed by atoms with Gasteiger partial charge < -0.3 is 19.5 Å². The van der Waals surface area contributed by atoms with Gasteiger partial charge in [0.25, 0.3) is 5.91 Å². The minimum absolute atomic E-state index is 0.272. The monoisotopic (exact) mass is 394 g/mol. The molecule has 0 aliphatic carbocycles. The number of carbonyl (C=O) groups excluding carboxylic acids is 2. The lowest BCUT2D eigenvalue weighted by molar-refractivity contribution is -0.124. The molecule has 2 aromatic carbocycles. The Morgan fingerprint density at radius 2 is 1.76 bits per heavy atom. The second kappa shape index (κ2) is 9.05. The molecule has 0 aliphatic heterocycles. The van der Waals surface area contributed by atoms with E-state index in [1.807, 2.05) is 24.3 Å². The predicted octanol–water partition coefficient (Wildman–Crippen LogP) is 3.03. The fourth-order valence-corrected chi connectivity index (χ4v) is 2.93. The molecule has 7 nitrogen and oxygen atoms in total. The van der Waals surface area contributed by atoms with Gasteiger partial charge in [-0.2, -0.15) is 0 Å². The third-order valence-electron chi connectivity index (χ3n) is 4.34. The largest absolute Gasteiger partial charge is 0.493 e. The highest BCUT2D eigenvalue weighted by Gasteiger charge is 2.15. The zero-order valence-electron chi connectivity index (χ0n) is 16.5. The number of rotatable bonds is 7. The third-order valence-corrected chi connectivity index (χ3v) is 4.34. The van der Waals surface area contributed by atoms with E-state index in [1.54, 1.807) is 45.4 Å². The summed E-state index contributed by atoms with van der Waals surface area (Å²) < 4.78 is 15.6. The van der Waals surface area contributed by atoms with Crippen LogP contribution in [0.1, 0.15) is 21.6 Å². The molecule has 0 aliphatic rings. The second-order valence-electron chi connectivity index (χ2n) is 6.37. The molecule has 1 amide bonds. The summed E-state index contributed by atoms with van der Waals surface area (Å²) in [5, 5.41) is 3.41. The molecular formula is C22H22N2O5. The molecule has 0 bridgehead atoms. The zero-order chi connectivity index (χ0) is 20.8. The van der Waals surface area contributed by atoms with Crippen molar-refractivity contribution in [3.63, 3.8) is 0 Å². The molecule has 1 aromatic heterocycles. The number of pyridine rings is 1. The molecule has 0 spiro atoms. The van der Waals surface area contributed by atoms with E-state index in [0.717, 1.165) is 5.56 Å². The van der Waals surface area contributed by atoms with E-state index in [0.29, 0.717) is 33.7 Å². The lowest BCUT2D eigenvalue weighted by Crippen LogP contribution is -2.28. The molecule has 0 saturated heterocycles. The quantitative estimate of drug-likeness (QED) is 0.620. The molecule has 7 heteroatoms. The van der Waals surface area contributed by atoms with Crippen LogP contribution in [0.15, 0.2) is 48.5 Å². The average Bonchev–Trinajstić information content (AvgIpc) is 2.75. The van der Waals surface area contributed by atoms with Crippen LogP contribution in [0.3, 0.4) is 0 Å². The molecule has 0 atom stereocenters. The van der Waals surface area contributed by atoms with Crippen molar-refractivity contribution < 1.29 is 23.8 Å². The van der Waals surface area contributed by atoms with Gasteiger partial charge in [-0.15, -0.1) is 0 Å². The standard InChI is InChI=1S/C22H22N2O5/c1-14-10-17(16-6-4-5-7-18(16)24-14)22(26)29-13-21(25)23-12-15-8-9-19(27-2)20(11-15)28-3/h4-11H,12-13H2,1-3H3,(H,23,25). The van der Waals surface area contributed by atoms with E-state index < -0.39 is 11.9 Å². The van der Waals surface area contributed by atoms with Crippen LogP contribution in [0.4, 0.5) is 0 Å². The van der Waals surface area contributed by atoms with Gasteiger partial charge in [0.15, 0.2) is 18.1 Å². The summed E-state index contributed by atoms with van der Waals surface area (Å²) in [6.45, 7) is 1.70. The molecular weight excluding hydrogens is 372 g/mol. The van der Waals surface area contributed by atoms with Gasteiger partial charge >= 0.3 is 5.97 Å². The summed E-state index contributed by atoms with van der Waals surface area (Å²) in [7, 11) is 3.10. The van der Waals surface area contributed by atoms with Crippen molar-refractivity contribution in [1.82, 2.24) is 10.3 Å². The normalized spacial score (nSPS) is 10.4. The summed E-state index contributed by atoms with van der Waals surface area (Å²) in [4.78, 5) is 29.0. The first-order valence-corrected chi connectivity index (χ1v) is 9.03. The number of carbonyl (C=O) groups is 2. The van der Waals surface area contributed by atoms with Gasteiger partial charge in [0.1, 0.15) is 0 Å². The number of amides is 1. The number of hydrogen-bond donors (Lipinski definition) is 1. The van der Waals surface area contributed by atoms with Gasteiger partial charge in [-0.1, -0.05) is 24.3 Å². The van der Waals surface area contributed by atoms with Crippen LogP contribution in [0.5, 0.6) is 11.5 Å². The number of aromatic nitrogens is 1. The predicted molar refractivity (Wildman–Crippen MR) is 108 cm³/mol. The first-order valence-electron chi connectivity index (χ1n) is 9.03. The number of ether oxygens (including phenoxy) is 3. The number of nitrogens with zero attached hydrogens (tertiary/aromatic N) is 1. The molecule has 3 rings (SSSR count). The van der Waals surface area contributed by atoms with Crippen LogP contribution in [0.25, 0.3) is 10.9 Å². The molecule has 1 heterocycles. The molecule has 150 valence electrons. The van der Waals surface area contributed by atoms with Crippen LogP contribution < -0.4 is 14.8 Å². The summed E-state index contributed by atoms with van der Waals surface area (Å²) in [6.07, 6.45) is 0. The Morgan fingerprint density at radius 1 is 1.00 bits per heavy atom. The number of aryl methyl sites for hydroxylation is 1. The molecule has 0 fully saturated rings. The maximum Gasteiger partial charge on any atom is 0.339 e. The van der Waals surface area contributed by atoms with Crippen molar-refractivity contribution in [3.8, 4) is 11.5 Å². The minimum Gasteiger partial charge on any atom is -0.493 e. The lowest BCUT2D eigenvalue weighted by Gasteiger charge is -2.11. The van der Waals surface area contributed by atoms with Gasteiger partial charge in [0.2, 0.25) is 0 Å². The fraction of sp³-hybridized carbons (Fsp3) is 0.227. The molecule has 1 N–H and O–H groups in total. The van der Waals surface area contributed by atoms with E-state index in [2.05, 4.69) is 10.3 Å². The van der Waals surface area contributed by atoms with Crippen LogP contribution in [-0.2, 0) is 16.1 Å². The first-order chi connectivity index (χ1) is 14.0. The van der Waals surface area contributed by atoms with E-state index in [9.17, 15) is 9.59 Å².